The van der Waals surface area contributed by atoms with Crippen molar-refractivity contribution in [1.29, 1.82) is 0 Å². The smallest absolute Gasteiger partial charge is 0.136 e. The van der Waals surface area contributed by atoms with Gasteiger partial charge in [0, 0.05) is 11.1 Å². The third-order valence-corrected chi connectivity index (χ3v) is 3.02. The van der Waals surface area contributed by atoms with E-state index in [9.17, 15) is 0 Å². The third-order valence-electron chi connectivity index (χ3n) is 2.21. The summed E-state index contributed by atoms with van der Waals surface area (Å²) in [4.78, 5) is 5.47. The monoisotopic (exact) mass is 230 g/mol. The lowest BCUT2D eigenvalue weighted by molar-refractivity contribution is 1.27. The Hall–Kier alpha value is -1.48. The van der Waals surface area contributed by atoms with Gasteiger partial charge in [-0.2, -0.15) is 0 Å². The van der Waals surface area contributed by atoms with E-state index >= 15 is 0 Å². The fourth-order valence-corrected chi connectivity index (χ4v) is 1.86. The highest BCUT2D eigenvalue weighted by atomic mass is 32.2. The maximum absolute atomic E-state index is 4.28. The van der Waals surface area contributed by atoms with Crippen LogP contribution in [0.25, 0.3) is 0 Å². The summed E-state index contributed by atoms with van der Waals surface area (Å²) in [5.41, 5.74) is 2.45. The highest BCUT2D eigenvalue weighted by Gasteiger charge is 1.95. The Balaban J connectivity index is 1.97. The number of aromatic nitrogens is 1. The molecule has 0 fully saturated rings. The molecule has 0 spiro atoms. The second-order valence-corrected chi connectivity index (χ2v) is 4.62. The van der Waals surface area contributed by atoms with Gasteiger partial charge in [0.2, 0.25) is 0 Å². The van der Waals surface area contributed by atoms with Crippen LogP contribution in [0.2, 0.25) is 0 Å². The molecule has 2 nitrogen and oxygen atoms in total. The normalized spacial score (nSPS) is 10.1. The molecule has 0 aliphatic carbocycles. The number of anilines is 1. The molecule has 1 heterocycles. The number of hydrogen-bond acceptors (Lipinski definition) is 3. The van der Waals surface area contributed by atoms with Crippen molar-refractivity contribution in [3.05, 3.63) is 53.7 Å². The molecule has 0 aliphatic rings. The summed E-state index contributed by atoms with van der Waals surface area (Å²) in [6, 6.07) is 12.4. The largest absolute Gasteiger partial charge is 0.310 e. The van der Waals surface area contributed by atoms with Gasteiger partial charge in [-0.3, -0.25) is 0 Å². The summed E-state index contributed by atoms with van der Waals surface area (Å²) >= 11 is 1.58. The first-order chi connectivity index (χ1) is 7.74. The average Bonchev–Trinajstić information content (AvgIpc) is 2.30. The molecule has 0 saturated carbocycles. The molecule has 2 rings (SSSR count). The Morgan fingerprint density at radius 3 is 2.25 bits per heavy atom. The number of rotatable bonds is 3. The molecule has 0 radical (unpaired) electrons. The van der Waals surface area contributed by atoms with E-state index in [1.165, 1.54) is 16.0 Å². The predicted molar refractivity (Wildman–Crippen MR) is 69.6 cm³/mol. The van der Waals surface area contributed by atoms with Gasteiger partial charge in [-0.05, 0) is 49.6 Å². The van der Waals surface area contributed by atoms with Gasteiger partial charge in [0.1, 0.15) is 5.82 Å². The van der Waals surface area contributed by atoms with Crippen LogP contribution in [0.3, 0.4) is 0 Å². The Labute approximate surface area is 100 Å². The van der Waals surface area contributed by atoms with Crippen molar-refractivity contribution in [2.24, 2.45) is 0 Å². The van der Waals surface area contributed by atoms with Crippen LogP contribution in [0.4, 0.5) is 5.82 Å². The minimum Gasteiger partial charge on any atom is -0.310 e. The van der Waals surface area contributed by atoms with Gasteiger partial charge in [-0.25, -0.2) is 4.98 Å². The second-order valence-electron chi connectivity index (χ2n) is 3.74. The van der Waals surface area contributed by atoms with Gasteiger partial charge in [-0.15, -0.1) is 0 Å². The molecule has 2 aromatic rings. The predicted octanol–water partition coefficient (Wildman–Crippen LogP) is 3.82. The molecule has 0 unspecified atom stereocenters. The lowest BCUT2D eigenvalue weighted by Crippen LogP contribution is -1.90. The van der Waals surface area contributed by atoms with Crippen LogP contribution in [-0.4, -0.2) is 4.98 Å². The minimum atomic E-state index is 0.885. The Kier molecular flexibility index (Phi) is 3.47. The molecule has 82 valence electrons. The molecule has 1 aromatic heterocycles. The number of aryl methyl sites for hydroxylation is 2. The van der Waals surface area contributed by atoms with Crippen LogP contribution in [0.1, 0.15) is 11.1 Å². The topological polar surface area (TPSA) is 24.9 Å². The average molecular weight is 230 g/mol. The molecule has 3 heteroatoms. The lowest BCUT2D eigenvalue weighted by Gasteiger charge is -2.04. The summed E-state index contributed by atoms with van der Waals surface area (Å²) < 4.78 is 3.21. The van der Waals surface area contributed by atoms with Crippen LogP contribution >= 0.6 is 11.9 Å². The van der Waals surface area contributed by atoms with Gasteiger partial charge in [0.15, 0.2) is 0 Å². The lowest BCUT2D eigenvalue weighted by atomic mass is 10.2. The zero-order valence-corrected chi connectivity index (χ0v) is 10.2. The molecule has 1 aromatic carbocycles. The molecule has 0 aliphatic heterocycles. The SMILES string of the molecule is Cc1ccc(SNc2ccc(C)cn2)cc1. The Bertz CT molecular complexity index is 403. The van der Waals surface area contributed by atoms with Crippen LogP contribution < -0.4 is 4.72 Å². The molecule has 0 bridgehead atoms. The van der Waals surface area contributed by atoms with E-state index in [-0.39, 0.29) is 0 Å². The number of nitrogens with zero attached hydrogens (tertiary/aromatic N) is 1. The van der Waals surface area contributed by atoms with Crippen molar-refractivity contribution >= 4 is 17.8 Å². The number of benzene rings is 1. The van der Waals surface area contributed by atoms with E-state index < -0.39 is 0 Å². The zero-order chi connectivity index (χ0) is 11.4. The molecule has 0 saturated heterocycles. The van der Waals surface area contributed by atoms with Crippen molar-refractivity contribution in [3.8, 4) is 0 Å². The first-order valence-corrected chi connectivity index (χ1v) is 5.98. The quantitative estimate of drug-likeness (QED) is 0.811. The highest BCUT2D eigenvalue weighted by Crippen LogP contribution is 2.19. The van der Waals surface area contributed by atoms with Crippen molar-refractivity contribution in [1.82, 2.24) is 4.98 Å². The summed E-state index contributed by atoms with van der Waals surface area (Å²) in [6.07, 6.45) is 1.86. The number of hydrogen-bond donors (Lipinski definition) is 1. The van der Waals surface area contributed by atoms with Crippen molar-refractivity contribution in [3.63, 3.8) is 0 Å². The van der Waals surface area contributed by atoms with Crippen LogP contribution in [0.5, 0.6) is 0 Å². The molecule has 1 N–H and O–H groups in total. The maximum atomic E-state index is 4.28. The van der Waals surface area contributed by atoms with E-state index in [4.69, 9.17) is 0 Å². The number of nitrogens with one attached hydrogen (secondary N) is 1. The maximum Gasteiger partial charge on any atom is 0.136 e. The van der Waals surface area contributed by atoms with E-state index in [1.54, 1.807) is 11.9 Å². The van der Waals surface area contributed by atoms with Gasteiger partial charge >= 0.3 is 0 Å². The van der Waals surface area contributed by atoms with E-state index in [1.807, 2.05) is 25.3 Å². The van der Waals surface area contributed by atoms with Crippen molar-refractivity contribution in [2.45, 2.75) is 18.7 Å². The molecular weight excluding hydrogens is 216 g/mol. The van der Waals surface area contributed by atoms with Crippen LogP contribution in [0.15, 0.2) is 47.5 Å². The van der Waals surface area contributed by atoms with Crippen molar-refractivity contribution in [2.75, 3.05) is 4.72 Å². The van der Waals surface area contributed by atoms with E-state index in [0.717, 1.165) is 5.82 Å². The standard InChI is InChI=1S/C13H14N2S/c1-10-3-6-12(7-4-10)16-15-13-8-5-11(2)9-14-13/h3-9H,1-2H3,(H,14,15). The highest BCUT2D eigenvalue weighted by molar-refractivity contribution is 8.00. The summed E-state index contributed by atoms with van der Waals surface area (Å²) in [5.74, 6) is 0.885. The third kappa shape index (κ3) is 3.00. The Morgan fingerprint density at radius 2 is 1.62 bits per heavy atom. The van der Waals surface area contributed by atoms with E-state index in [0.29, 0.717) is 0 Å². The molecule has 0 atom stereocenters. The van der Waals surface area contributed by atoms with Crippen LogP contribution in [-0.2, 0) is 0 Å². The summed E-state index contributed by atoms with van der Waals surface area (Å²) in [7, 11) is 0. The minimum absolute atomic E-state index is 0.885. The first-order valence-electron chi connectivity index (χ1n) is 5.16. The van der Waals surface area contributed by atoms with Gasteiger partial charge in [-0.1, -0.05) is 23.8 Å². The summed E-state index contributed by atoms with van der Waals surface area (Å²) in [6.45, 7) is 4.12. The zero-order valence-electron chi connectivity index (χ0n) is 9.40. The Morgan fingerprint density at radius 1 is 0.938 bits per heavy atom. The number of pyridine rings is 1. The molecular formula is C13H14N2S. The molecule has 16 heavy (non-hydrogen) atoms. The summed E-state index contributed by atoms with van der Waals surface area (Å²) in [5, 5.41) is 0. The van der Waals surface area contributed by atoms with Gasteiger partial charge in [0.25, 0.3) is 0 Å². The fourth-order valence-electron chi connectivity index (χ4n) is 1.25. The van der Waals surface area contributed by atoms with E-state index in [2.05, 4.69) is 40.9 Å². The van der Waals surface area contributed by atoms with Gasteiger partial charge in [0.05, 0.1) is 0 Å². The second kappa shape index (κ2) is 5.03. The fraction of sp³-hybridized carbons (Fsp3) is 0.154. The first kappa shape index (κ1) is 11.0. The molecule has 0 amide bonds. The van der Waals surface area contributed by atoms with Gasteiger partial charge < -0.3 is 4.72 Å². The van der Waals surface area contributed by atoms with Crippen molar-refractivity contribution < 1.29 is 0 Å². The van der Waals surface area contributed by atoms with Crippen LogP contribution in [0, 0.1) is 13.8 Å².